The quantitative estimate of drug-likeness (QED) is 0.692. The van der Waals surface area contributed by atoms with Crippen molar-refractivity contribution >= 4 is 5.82 Å². The highest BCUT2D eigenvalue weighted by atomic mass is 16.1. The summed E-state index contributed by atoms with van der Waals surface area (Å²) in [6.07, 6.45) is 8.97. The molecule has 1 aromatic heterocycles. The molecule has 0 saturated carbocycles. The molecule has 1 aromatic rings. The van der Waals surface area contributed by atoms with E-state index in [-0.39, 0.29) is 5.56 Å². The molecule has 0 spiro atoms. The number of nitrogens with one attached hydrogen (secondary N) is 2. The Labute approximate surface area is 82.1 Å². The van der Waals surface area contributed by atoms with Crippen LogP contribution in [0.25, 0.3) is 0 Å². The van der Waals surface area contributed by atoms with Crippen LogP contribution in [0.4, 0.5) is 5.82 Å². The van der Waals surface area contributed by atoms with Crippen LogP contribution in [-0.4, -0.2) is 16.0 Å². The van der Waals surface area contributed by atoms with E-state index in [2.05, 4.69) is 27.4 Å². The monoisotopic (exact) mass is 191 g/mol. The summed E-state index contributed by atoms with van der Waals surface area (Å²) >= 11 is 0. The third-order valence-electron chi connectivity index (χ3n) is 2.30. The van der Waals surface area contributed by atoms with Gasteiger partial charge >= 0.3 is 0 Å². The van der Waals surface area contributed by atoms with Gasteiger partial charge in [-0.25, -0.2) is 4.98 Å². The summed E-state index contributed by atoms with van der Waals surface area (Å²) in [4.78, 5) is 17.5. The molecule has 4 heteroatoms. The van der Waals surface area contributed by atoms with Gasteiger partial charge in [-0.2, -0.15) is 0 Å². The summed E-state index contributed by atoms with van der Waals surface area (Å²) in [7, 11) is 0. The molecule has 0 aromatic carbocycles. The van der Waals surface area contributed by atoms with Gasteiger partial charge in [0.25, 0.3) is 5.56 Å². The summed E-state index contributed by atoms with van der Waals surface area (Å²) in [6.45, 7) is 0. The highest BCUT2D eigenvalue weighted by molar-refractivity contribution is 5.33. The lowest BCUT2D eigenvalue weighted by Gasteiger charge is -2.19. The van der Waals surface area contributed by atoms with Crippen LogP contribution in [0.1, 0.15) is 19.3 Å². The summed E-state index contributed by atoms with van der Waals surface area (Å²) in [5.41, 5.74) is -0.117. The topological polar surface area (TPSA) is 57.8 Å². The first-order valence-corrected chi connectivity index (χ1v) is 4.81. The number of anilines is 1. The first kappa shape index (κ1) is 8.99. The molecule has 0 amide bonds. The molecule has 2 N–H and O–H groups in total. The van der Waals surface area contributed by atoms with Gasteiger partial charge in [-0.3, -0.25) is 4.79 Å². The van der Waals surface area contributed by atoms with Gasteiger partial charge in [0.1, 0.15) is 5.82 Å². The fraction of sp³-hybridized carbons (Fsp3) is 0.400. The zero-order valence-electron chi connectivity index (χ0n) is 7.86. The van der Waals surface area contributed by atoms with Crippen LogP contribution in [-0.2, 0) is 0 Å². The summed E-state index contributed by atoms with van der Waals surface area (Å²) in [6, 6.07) is 1.90. The van der Waals surface area contributed by atoms with Gasteiger partial charge in [-0.05, 0) is 19.3 Å². The van der Waals surface area contributed by atoms with Crippen molar-refractivity contribution in [3.8, 4) is 0 Å². The van der Waals surface area contributed by atoms with E-state index in [0.717, 1.165) is 19.3 Å². The van der Waals surface area contributed by atoms with Crippen LogP contribution in [0.3, 0.4) is 0 Å². The molecular formula is C10H13N3O. The number of hydrogen-bond donors (Lipinski definition) is 2. The van der Waals surface area contributed by atoms with Gasteiger partial charge in [-0.15, -0.1) is 0 Å². The van der Waals surface area contributed by atoms with Crippen molar-refractivity contribution in [2.24, 2.45) is 0 Å². The highest BCUT2D eigenvalue weighted by Crippen LogP contribution is 2.14. The zero-order chi connectivity index (χ0) is 9.80. The van der Waals surface area contributed by atoms with Crippen LogP contribution < -0.4 is 10.9 Å². The average molecular weight is 191 g/mol. The van der Waals surface area contributed by atoms with Crippen LogP contribution in [0.15, 0.2) is 29.3 Å². The minimum Gasteiger partial charge on any atom is -0.367 e. The average Bonchev–Trinajstić information content (AvgIpc) is 2.19. The Kier molecular flexibility index (Phi) is 2.62. The van der Waals surface area contributed by atoms with E-state index in [0.29, 0.717) is 11.9 Å². The fourth-order valence-corrected chi connectivity index (χ4v) is 1.58. The number of H-pyrrole nitrogens is 1. The smallest absolute Gasteiger partial charge is 0.252 e. The second kappa shape index (κ2) is 4.09. The van der Waals surface area contributed by atoms with Crippen molar-refractivity contribution in [2.45, 2.75) is 25.3 Å². The normalized spacial score (nSPS) is 20.7. The van der Waals surface area contributed by atoms with Crippen molar-refractivity contribution in [1.29, 1.82) is 0 Å². The maximum Gasteiger partial charge on any atom is 0.252 e. The Balaban J connectivity index is 2.03. The largest absolute Gasteiger partial charge is 0.367 e. The lowest BCUT2D eigenvalue weighted by atomic mass is 10.0. The molecule has 0 radical (unpaired) electrons. The van der Waals surface area contributed by atoms with Gasteiger partial charge in [0.2, 0.25) is 0 Å². The lowest BCUT2D eigenvalue weighted by molar-refractivity contribution is 0.641. The van der Waals surface area contributed by atoms with Crippen LogP contribution in [0.2, 0.25) is 0 Å². The fourth-order valence-electron chi connectivity index (χ4n) is 1.58. The van der Waals surface area contributed by atoms with Crippen LogP contribution >= 0.6 is 0 Å². The molecule has 0 saturated heterocycles. The first-order valence-electron chi connectivity index (χ1n) is 4.81. The third-order valence-corrected chi connectivity index (χ3v) is 2.30. The maximum atomic E-state index is 11.0. The predicted molar refractivity (Wildman–Crippen MR) is 55.3 cm³/mol. The van der Waals surface area contributed by atoms with E-state index in [4.69, 9.17) is 0 Å². The summed E-state index contributed by atoms with van der Waals surface area (Å²) in [5, 5.41) is 3.24. The SMILES string of the molecule is O=c1cc(NC2CC=CCC2)nc[nH]1. The molecule has 74 valence electrons. The molecule has 0 aliphatic heterocycles. The highest BCUT2D eigenvalue weighted by Gasteiger charge is 2.09. The van der Waals surface area contributed by atoms with Gasteiger partial charge in [0.15, 0.2) is 0 Å². The molecule has 0 fully saturated rings. The number of nitrogens with zero attached hydrogens (tertiary/aromatic N) is 1. The molecule has 0 bridgehead atoms. The molecule has 1 heterocycles. The Morgan fingerprint density at radius 1 is 1.50 bits per heavy atom. The third kappa shape index (κ3) is 2.22. The summed E-state index contributed by atoms with van der Waals surface area (Å²) in [5.74, 6) is 0.661. The first-order chi connectivity index (χ1) is 6.84. The lowest BCUT2D eigenvalue weighted by Crippen LogP contribution is -2.22. The molecule has 1 atom stereocenters. The Morgan fingerprint density at radius 3 is 3.14 bits per heavy atom. The molecule has 1 aliphatic rings. The maximum absolute atomic E-state index is 11.0. The Bertz CT molecular complexity index is 383. The molecule has 2 rings (SSSR count). The number of hydrogen-bond acceptors (Lipinski definition) is 3. The van der Waals surface area contributed by atoms with Crippen molar-refractivity contribution < 1.29 is 0 Å². The Morgan fingerprint density at radius 2 is 2.43 bits per heavy atom. The molecule has 14 heavy (non-hydrogen) atoms. The van der Waals surface area contributed by atoms with E-state index in [1.807, 2.05) is 0 Å². The minimum atomic E-state index is -0.117. The van der Waals surface area contributed by atoms with Crippen molar-refractivity contribution in [2.75, 3.05) is 5.32 Å². The second-order valence-corrected chi connectivity index (χ2v) is 3.42. The van der Waals surface area contributed by atoms with Gasteiger partial charge in [-0.1, -0.05) is 12.2 Å². The van der Waals surface area contributed by atoms with E-state index < -0.39 is 0 Å². The van der Waals surface area contributed by atoms with E-state index >= 15 is 0 Å². The van der Waals surface area contributed by atoms with Gasteiger partial charge in [0, 0.05) is 12.1 Å². The molecule has 1 aliphatic carbocycles. The number of aromatic nitrogens is 2. The molecule has 1 unspecified atom stereocenters. The van der Waals surface area contributed by atoms with Crippen molar-refractivity contribution in [1.82, 2.24) is 9.97 Å². The minimum absolute atomic E-state index is 0.117. The van der Waals surface area contributed by atoms with Gasteiger partial charge in [0.05, 0.1) is 6.33 Å². The van der Waals surface area contributed by atoms with E-state index in [1.165, 1.54) is 12.4 Å². The Hall–Kier alpha value is -1.58. The predicted octanol–water partition coefficient (Wildman–Crippen LogP) is 1.29. The molecular weight excluding hydrogens is 178 g/mol. The van der Waals surface area contributed by atoms with E-state index in [9.17, 15) is 4.79 Å². The number of aromatic amines is 1. The standard InChI is InChI=1S/C10H13N3O/c14-10-6-9(11-7-12-10)13-8-4-2-1-3-5-8/h1-2,6-8H,3-5H2,(H2,11,12,13,14). The number of allylic oxidation sites excluding steroid dienone is 1. The number of rotatable bonds is 2. The summed E-state index contributed by atoms with van der Waals surface area (Å²) < 4.78 is 0. The van der Waals surface area contributed by atoms with Crippen molar-refractivity contribution in [3.63, 3.8) is 0 Å². The zero-order valence-corrected chi connectivity index (χ0v) is 7.86. The second-order valence-electron chi connectivity index (χ2n) is 3.42. The van der Waals surface area contributed by atoms with Crippen molar-refractivity contribution in [3.05, 3.63) is 34.9 Å². The molecule has 4 nitrogen and oxygen atoms in total. The van der Waals surface area contributed by atoms with Crippen LogP contribution in [0.5, 0.6) is 0 Å². The van der Waals surface area contributed by atoms with E-state index in [1.54, 1.807) is 0 Å². The van der Waals surface area contributed by atoms with Gasteiger partial charge < -0.3 is 10.3 Å². The van der Waals surface area contributed by atoms with Crippen LogP contribution in [0, 0.1) is 0 Å².